The Hall–Kier alpha value is -2.59. The van der Waals surface area contributed by atoms with E-state index in [-0.39, 0.29) is 12.5 Å². The smallest absolute Gasteiger partial charge is 0.277 e. The van der Waals surface area contributed by atoms with Crippen LogP contribution in [0.4, 0.5) is 0 Å². The third-order valence-corrected chi connectivity index (χ3v) is 3.60. The number of nitrogens with zero attached hydrogens (tertiary/aromatic N) is 1. The Kier molecular flexibility index (Phi) is 6.58. The van der Waals surface area contributed by atoms with Gasteiger partial charge in [0, 0.05) is 5.02 Å². The highest BCUT2D eigenvalue weighted by atomic mass is 35.5. The van der Waals surface area contributed by atoms with Crippen LogP contribution in [-0.4, -0.2) is 18.2 Å². The molecule has 0 bridgehead atoms. The summed E-state index contributed by atoms with van der Waals surface area (Å²) in [6.45, 7) is 3.57. The van der Waals surface area contributed by atoms with Gasteiger partial charge in [0.15, 0.2) is 6.61 Å². The standard InChI is InChI=1S/C19H19ClN2O2/c1-14-12-17(10-11-18(14)20)24-13-19(23)22-21-15(2)8-9-16-6-4-3-5-7-16/h3-12H,13H2,1-2H3,(H,22,23). The Morgan fingerprint density at radius 2 is 2.00 bits per heavy atom. The minimum absolute atomic E-state index is 0.111. The van der Waals surface area contributed by atoms with Gasteiger partial charge in [-0.25, -0.2) is 5.43 Å². The van der Waals surface area contributed by atoms with Crippen molar-refractivity contribution in [3.05, 3.63) is 70.8 Å². The van der Waals surface area contributed by atoms with E-state index in [0.29, 0.717) is 16.5 Å². The summed E-state index contributed by atoms with van der Waals surface area (Å²) in [7, 11) is 0. The predicted molar refractivity (Wildman–Crippen MR) is 98.4 cm³/mol. The van der Waals surface area contributed by atoms with Crippen LogP contribution in [-0.2, 0) is 4.79 Å². The van der Waals surface area contributed by atoms with Crippen molar-refractivity contribution in [3.8, 4) is 5.75 Å². The second-order valence-corrected chi connectivity index (χ2v) is 5.64. The van der Waals surface area contributed by atoms with Gasteiger partial charge < -0.3 is 4.74 Å². The van der Waals surface area contributed by atoms with E-state index in [1.807, 2.05) is 56.3 Å². The molecule has 0 unspecified atom stereocenters. The molecular weight excluding hydrogens is 324 g/mol. The van der Waals surface area contributed by atoms with Crippen LogP contribution in [0.1, 0.15) is 18.1 Å². The highest BCUT2D eigenvalue weighted by Crippen LogP contribution is 2.20. The van der Waals surface area contributed by atoms with E-state index < -0.39 is 0 Å². The maximum Gasteiger partial charge on any atom is 0.277 e. The van der Waals surface area contributed by atoms with Crippen LogP contribution in [0, 0.1) is 6.92 Å². The molecule has 0 saturated heterocycles. The number of aryl methyl sites for hydroxylation is 1. The van der Waals surface area contributed by atoms with Crippen LogP contribution in [0.5, 0.6) is 5.75 Å². The first-order valence-corrected chi connectivity index (χ1v) is 7.87. The van der Waals surface area contributed by atoms with E-state index in [1.165, 1.54) is 0 Å². The lowest BCUT2D eigenvalue weighted by molar-refractivity contribution is -0.123. The number of allylic oxidation sites excluding steroid dienone is 1. The first kappa shape index (κ1) is 17.8. The lowest BCUT2D eigenvalue weighted by Gasteiger charge is -2.06. The molecule has 124 valence electrons. The van der Waals surface area contributed by atoms with Gasteiger partial charge in [0.25, 0.3) is 5.91 Å². The molecule has 0 aliphatic heterocycles. The summed E-state index contributed by atoms with van der Waals surface area (Å²) in [5.41, 5.74) is 5.12. The molecule has 0 saturated carbocycles. The maximum atomic E-state index is 11.8. The van der Waals surface area contributed by atoms with Gasteiger partial charge in [-0.05, 0) is 49.2 Å². The Bertz CT molecular complexity index is 755. The molecule has 0 aliphatic rings. The highest BCUT2D eigenvalue weighted by Gasteiger charge is 2.03. The van der Waals surface area contributed by atoms with Gasteiger partial charge >= 0.3 is 0 Å². The zero-order chi connectivity index (χ0) is 17.4. The number of hydrogen-bond acceptors (Lipinski definition) is 3. The van der Waals surface area contributed by atoms with E-state index in [1.54, 1.807) is 18.2 Å². The van der Waals surface area contributed by atoms with Crippen LogP contribution in [0.3, 0.4) is 0 Å². The Labute approximate surface area is 146 Å². The van der Waals surface area contributed by atoms with Gasteiger partial charge in [0.2, 0.25) is 0 Å². The molecule has 0 heterocycles. The number of ether oxygens (including phenoxy) is 1. The van der Waals surface area contributed by atoms with Crippen molar-refractivity contribution >= 4 is 29.3 Å². The van der Waals surface area contributed by atoms with E-state index in [0.717, 1.165) is 11.1 Å². The van der Waals surface area contributed by atoms with Gasteiger partial charge in [0.1, 0.15) is 5.75 Å². The van der Waals surface area contributed by atoms with E-state index in [4.69, 9.17) is 16.3 Å². The van der Waals surface area contributed by atoms with Gasteiger partial charge in [-0.2, -0.15) is 5.10 Å². The summed E-state index contributed by atoms with van der Waals surface area (Å²) >= 11 is 5.94. The molecule has 1 N–H and O–H groups in total. The second-order valence-electron chi connectivity index (χ2n) is 5.23. The molecule has 0 fully saturated rings. The fourth-order valence-electron chi connectivity index (χ4n) is 1.86. The van der Waals surface area contributed by atoms with Crippen LogP contribution in [0.15, 0.2) is 59.7 Å². The Balaban J connectivity index is 1.81. The number of hydrogen-bond donors (Lipinski definition) is 1. The number of carbonyl (C=O) groups is 1. The van der Waals surface area contributed by atoms with Gasteiger partial charge in [-0.3, -0.25) is 4.79 Å². The van der Waals surface area contributed by atoms with Crippen LogP contribution >= 0.6 is 11.6 Å². The number of carbonyl (C=O) groups excluding carboxylic acids is 1. The average molecular weight is 343 g/mol. The molecule has 2 aromatic rings. The fourth-order valence-corrected chi connectivity index (χ4v) is 1.97. The summed E-state index contributed by atoms with van der Waals surface area (Å²) in [4.78, 5) is 11.8. The summed E-state index contributed by atoms with van der Waals surface area (Å²) in [5, 5.41) is 4.68. The molecule has 1 amide bonds. The Morgan fingerprint density at radius 1 is 1.25 bits per heavy atom. The molecule has 0 aliphatic carbocycles. The SMILES string of the molecule is CC(C=Cc1ccccc1)=NNC(=O)COc1ccc(Cl)c(C)c1. The topological polar surface area (TPSA) is 50.7 Å². The third kappa shape index (κ3) is 5.89. The van der Waals surface area contributed by atoms with Crippen molar-refractivity contribution in [1.82, 2.24) is 5.43 Å². The quantitative estimate of drug-likeness (QED) is 0.630. The lowest BCUT2D eigenvalue weighted by Crippen LogP contribution is -2.25. The minimum Gasteiger partial charge on any atom is -0.484 e. The maximum absolute atomic E-state index is 11.8. The molecule has 0 radical (unpaired) electrons. The predicted octanol–water partition coefficient (Wildman–Crippen LogP) is 4.23. The number of benzene rings is 2. The van der Waals surface area contributed by atoms with Crippen molar-refractivity contribution in [3.63, 3.8) is 0 Å². The zero-order valence-corrected chi connectivity index (χ0v) is 14.4. The van der Waals surface area contributed by atoms with Gasteiger partial charge in [0.05, 0.1) is 5.71 Å². The number of amides is 1. The average Bonchev–Trinajstić information content (AvgIpc) is 2.60. The molecule has 5 heteroatoms. The van der Waals surface area contributed by atoms with Crippen molar-refractivity contribution < 1.29 is 9.53 Å². The molecular formula is C19H19ClN2O2. The molecule has 2 rings (SSSR count). The summed E-state index contributed by atoms with van der Waals surface area (Å²) < 4.78 is 5.41. The first-order valence-electron chi connectivity index (χ1n) is 7.50. The van der Waals surface area contributed by atoms with Gasteiger partial charge in [-0.1, -0.05) is 48.0 Å². The highest BCUT2D eigenvalue weighted by molar-refractivity contribution is 6.31. The normalized spacial score (nSPS) is 11.5. The van der Waals surface area contributed by atoms with Crippen LogP contribution in [0.2, 0.25) is 5.02 Å². The zero-order valence-electron chi connectivity index (χ0n) is 13.6. The van der Waals surface area contributed by atoms with Crippen molar-refractivity contribution in [2.24, 2.45) is 5.10 Å². The number of rotatable bonds is 6. The number of halogens is 1. The molecule has 0 aromatic heterocycles. The van der Waals surface area contributed by atoms with Crippen LogP contribution in [0.25, 0.3) is 6.08 Å². The van der Waals surface area contributed by atoms with Crippen molar-refractivity contribution in [2.45, 2.75) is 13.8 Å². The molecule has 2 aromatic carbocycles. The summed E-state index contributed by atoms with van der Waals surface area (Å²) in [5.74, 6) is 0.270. The summed E-state index contributed by atoms with van der Waals surface area (Å²) in [6, 6.07) is 15.1. The number of hydrazone groups is 1. The second kappa shape index (κ2) is 8.89. The van der Waals surface area contributed by atoms with E-state index in [9.17, 15) is 4.79 Å². The molecule has 24 heavy (non-hydrogen) atoms. The fraction of sp³-hybridized carbons (Fsp3) is 0.158. The van der Waals surface area contributed by atoms with Gasteiger partial charge in [-0.15, -0.1) is 0 Å². The first-order chi connectivity index (χ1) is 11.5. The van der Waals surface area contributed by atoms with E-state index in [2.05, 4.69) is 10.5 Å². The van der Waals surface area contributed by atoms with Crippen molar-refractivity contribution in [1.29, 1.82) is 0 Å². The summed E-state index contributed by atoms with van der Waals surface area (Å²) in [6.07, 6.45) is 3.76. The molecule has 0 spiro atoms. The monoisotopic (exact) mass is 342 g/mol. The largest absolute Gasteiger partial charge is 0.484 e. The lowest BCUT2D eigenvalue weighted by atomic mass is 10.2. The Morgan fingerprint density at radius 3 is 2.71 bits per heavy atom. The number of nitrogens with one attached hydrogen (secondary N) is 1. The van der Waals surface area contributed by atoms with E-state index >= 15 is 0 Å². The minimum atomic E-state index is -0.324. The van der Waals surface area contributed by atoms with Crippen molar-refractivity contribution in [2.75, 3.05) is 6.61 Å². The van der Waals surface area contributed by atoms with Crippen LogP contribution < -0.4 is 10.2 Å². The molecule has 0 atom stereocenters. The molecule has 4 nitrogen and oxygen atoms in total. The third-order valence-electron chi connectivity index (χ3n) is 3.17.